The lowest BCUT2D eigenvalue weighted by Gasteiger charge is -2.48. The van der Waals surface area contributed by atoms with Crippen molar-refractivity contribution in [3.8, 4) is 0 Å². The van der Waals surface area contributed by atoms with Gasteiger partial charge in [-0.3, -0.25) is 9.59 Å². The van der Waals surface area contributed by atoms with Gasteiger partial charge >= 0.3 is 11.9 Å². The fourth-order valence-electron chi connectivity index (χ4n) is 7.46. The van der Waals surface area contributed by atoms with E-state index < -0.39 is 83.6 Å². The van der Waals surface area contributed by atoms with Crippen LogP contribution in [-0.4, -0.2) is 119 Å². The van der Waals surface area contributed by atoms with Crippen LogP contribution in [0.4, 0.5) is 0 Å². The van der Waals surface area contributed by atoms with Gasteiger partial charge in [0.2, 0.25) is 0 Å². The fourth-order valence-corrected chi connectivity index (χ4v) is 7.46. The first-order valence-corrected chi connectivity index (χ1v) is 17.4. The summed E-state index contributed by atoms with van der Waals surface area (Å²) in [6.45, 7) is 13.2. The molecule has 12 heteroatoms. The summed E-state index contributed by atoms with van der Waals surface area (Å²) in [5.41, 5.74) is -2.85. The lowest BCUT2D eigenvalue weighted by molar-refractivity contribution is -0.300. The summed E-state index contributed by atoms with van der Waals surface area (Å²) in [5, 5.41) is 34.4. The number of ketones is 1. The van der Waals surface area contributed by atoms with Crippen molar-refractivity contribution >= 4 is 17.7 Å². The molecule has 0 saturated carbocycles. The highest BCUT2D eigenvalue weighted by Crippen LogP contribution is 2.39. The molecule has 0 amide bonds. The quantitative estimate of drug-likeness (QED) is 0.358. The second-order valence-electron chi connectivity index (χ2n) is 14.8. The van der Waals surface area contributed by atoms with Crippen molar-refractivity contribution in [2.75, 3.05) is 21.2 Å². The van der Waals surface area contributed by atoms with E-state index in [0.717, 1.165) is 0 Å². The number of benzene rings is 1. The Morgan fingerprint density at radius 2 is 1.63 bits per heavy atom. The van der Waals surface area contributed by atoms with Crippen LogP contribution >= 0.6 is 0 Å². The second kappa shape index (κ2) is 16.7. The first kappa shape index (κ1) is 41.0. The predicted octanol–water partition coefficient (Wildman–Crippen LogP) is 3.38. The van der Waals surface area contributed by atoms with Crippen LogP contribution < -0.4 is 0 Å². The molecule has 1 aromatic rings. The van der Waals surface area contributed by atoms with E-state index in [1.807, 2.05) is 25.9 Å². The number of esters is 2. The van der Waals surface area contributed by atoms with Crippen LogP contribution in [-0.2, 0) is 33.3 Å². The Morgan fingerprint density at radius 1 is 1.02 bits per heavy atom. The molecular formula is C37H59NO11. The summed E-state index contributed by atoms with van der Waals surface area (Å²) < 4.78 is 31.1. The molecule has 0 unspecified atom stereocenters. The van der Waals surface area contributed by atoms with Crippen molar-refractivity contribution in [1.82, 2.24) is 4.90 Å². The van der Waals surface area contributed by atoms with Gasteiger partial charge in [-0.15, -0.1) is 0 Å². The zero-order chi connectivity index (χ0) is 37.0. The molecule has 2 aliphatic rings. The summed E-state index contributed by atoms with van der Waals surface area (Å²) in [7, 11) is 5.24. The van der Waals surface area contributed by atoms with E-state index in [2.05, 4.69) is 0 Å². The number of cyclic esters (lactones) is 1. The zero-order valence-corrected chi connectivity index (χ0v) is 31.0. The molecule has 1 aromatic carbocycles. The highest BCUT2D eigenvalue weighted by Gasteiger charge is 2.52. The Labute approximate surface area is 291 Å². The highest BCUT2D eigenvalue weighted by molar-refractivity contribution is 5.89. The van der Waals surface area contributed by atoms with E-state index in [1.54, 1.807) is 58.0 Å². The molecule has 49 heavy (non-hydrogen) atoms. The maximum Gasteiger partial charge on any atom is 0.338 e. The third-order valence-corrected chi connectivity index (χ3v) is 10.8. The molecule has 278 valence electrons. The lowest BCUT2D eigenvalue weighted by atomic mass is 9.74. The largest absolute Gasteiger partial charge is 0.459 e. The summed E-state index contributed by atoms with van der Waals surface area (Å²) in [6.07, 6.45) is -6.59. The number of hydrogen-bond acceptors (Lipinski definition) is 12. The number of methoxy groups -OCH3 is 1. The Bertz CT molecular complexity index is 1260. The van der Waals surface area contributed by atoms with Crippen LogP contribution in [0, 0.1) is 23.7 Å². The van der Waals surface area contributed by atoms with Gasteiger partial charge in [-0.1, -0.05) is 45.9 Å². The minimum Gasteiger partial charge on any atom is -0.459 e. The van der Waals surface area contributed by atoms with Gasteiger partial charge in [0.05, 0.1) is 47.5 Å². The standard InChI is InChI=1S/C37H59NO11/c1-12-27-37(8,44)31(41)22(4)28(39)20(2)19-36(7,45-11)32(23(5)29(40)24(6)33(42)47-27)49-35-30(26(38(9)10)18-21(3)46-35)48-34(43)25-16-14-13-15-17-25/h13-17,20-24,26-27,29-32,35,40-41,44H,12,18-19H2,1-11H3/t20-,21-,22+,23+,24-,26+,27-,29+,30-,31-,32-,35+,36-,37-/m1/s1. The van der Waals surface area contributed by atoms with Crippen molar-refractivity contribution in [3.63, 3.8) is 0 Å². The third kappa shape index (κ3) is 9.08. The molecule has 2 saturated heterocycles. The van der Waals surface area contributed by atoms with E-state index in [1.165, 1.54) is 27.9 Å². The molecule has 0 bridgehead atoms. The lowest BCUT2D eigenvalue weighted by Crippen LogP contribution is -2.61. The Balaban J connectivity index is 2.12. The highest BCUT2D eigenvalue weighted by atomic mass is 16.7. The van der Waals surface area contributed by atoms with Crippen LogP contribution in [0.25, 0.3) is 0 Å². The Kier molecular flexibility index (Phi) is 14.0. The Morgan fingerprint density at radius 3 is 2.18 bits per heavy atom. The maximum absolute atomic E-state index is 13.8. The van der Waals surface area contributed by atoms with Gasteiger partial charge in [0.25, 0.3) is 0 Å². The molecule has 0 spiro atoms. The maximum atomic E-state index is 13.8. The van der Waals surface area contributed by atoms with Crippen molar-refractivity contribution in [1.29, 1.82) is 0 Å². The first-order chi connectivity index (χ1) is 22.8. The molecule has 0 aromatic heterocycles. The van der Waals surface area contributed by atoms with Crippen molar-refractivity contribution in [2.24, 2.45) is 23.7 Å². The molecule has 12 nitrogen and oxygen atoms in total. The Hall–Kier alpha value is -2.45. The molecule has 3 N–H and O–H groups in total. The van der Waals surface area contributed by atoms with Gasteiger partial charge in [0.15, 0.2) is 12.4 Å². The van der Waals surface area contributed by atoms with Gasteiger partial charge in [-0.2, -0.15) is 0 Å². The normalized spacial score (nSPS) is 41.5. The van der Waals surface area contributed by atoms with Gasteiger partial charge in [0.1, 0.15) is 17.5 Å². The average molecular weight is 694 g/mol. The summed E-state index contributed by atoms with van der Waals surface area (Å²) >= 11 is 0. The molecule has 2 heterocycles. The van der Waals surface area contributed by atoms with Crippen LogP contribution in [0.3, 0.4) is 0 Å². The summed E-state index contributed by atoms with van der Waals surface area (Å²) in [5.74, 6) is -5.29. The fraction of sp³-hybridized carbons (Fsp3) is 0.757. The van der Waals surface area contributed by atoms with Crippen molar-refractivity contribution < 1.29 is 53.4 Å². The van der Waals surface area contributed by atoms with Gasteiger partial charge < -0.3 is 43.9 Å². The first-order valence-electron chi connectivity index (χ1n) is 17.4. The zero-order valence-electron chi connectivity index (χ0n) is 31.0. The van der Waals surface area contributed by atoms with E-state index in [-0.39, 0.29) is 30.8 Å². The second-order valence-corrected chi connectivity index (χ2v) is 14.8. The van der Waals surface area contributed by atoms with Crippen LogP contribution in [0.2, 0.25) is 0 Å². The van der Waals surface area contributed by atoms with Gasteiger partial charge in [-0.25, -0.2) is 4.79 Å². The SMILES string of the molecule is CC[C@H]1OC(=O)[C@H](C)[C@@H](O)[C@H](C)[C@@H](O[C@@H]2O[C@H](C)C[C@H](N(C)C)[C@H]2OC(=O)c2ccccc2)[C@](C)(OC)C[C@@H](C)C(=O)[C@H](C)[C@@H](O)[C@]1(C)O. The third-order valence-electron chi connectivity index (χ3n) is 10.8. The van der Waals surface area contributed by atoms with Crippen LogP contribution in [0.5, 0.6) is 0 Å². The smallest absolute Gasteiger partial charge is 0.338 e. The predicted molar refractivity (Wildman–Crippen MR) is 181 cm³/mol. The number of aliphatic hydroxyl groups is 3. The molecule has 2 fully saturated rings. The number of likely N-dealkylation sites (N-methyl/N-ethyl adjacent to an activating group) is 1. The van der Waals surface area contributed by atoms with E-state index in [9.17, 15) is 29.7 Å². The van der Waals surface area contributed by atoms with Gasteiger partial charge in [-0.05, 0) is 73.2 Å². The van der Waals surface area contributed by atoms with Crippen molar-refractivity contribution in [2.45, 2.75) is 135 Å². The summed E-state index contributed by atoms with van der Waals surface area (Å²) in [4.78, 5) is 42.7. The monoisotopic (exact) mass is 693 g/mol. The molecule has 0 aliphatic carbocycles. The molecular weight excluding hydrogens is 634 g/mol. The van der Waals surface area contributed by atoms with Crippen molar-refractivity contribution in [3.05, 3.63) is 35.9 Å². The van der Waals surface area contributed by atoms with Crippen LogP contribution in [0.1, 0.15) is 85.0 Å². The van der Waals surface area contributed by atoms with Gasteiger partial charge in [0, 0.05) is 24.9 Å². The number of hydrogen-bond donors (Lipinski definition) is 3. The number of rotatable bonds is 7. The average Bonchev–Trinajstić information content (AvgIpc) is 3.07. The molecule has 14 atom stereocenters. The number of nitrogens with zero attached hydrogens (tertiary/aromatic N) is 1. The minimum atomic E-state index is -1.94. The molecule has 0 radical (unpaired) electrons. The number of ether oxygens (including phenoxy) is 5. The van der Waals surface area contributed by atoms with E-state index in [0.29, 0.717) is 12.0 Å². The molecule has 2 aliphatic heterocycles. The number of carbonyl (C=O) groups excluding carboxylic acids is 3. The minimum absolute atomic E-state index is 0.0904. The van der Waals surface area contributed by atoms with E-state index in [4.69, 9.17) is 23.7 Å². The number of Topliss-reactive ketones (excluding diaryl/α,β-unsaturated/α-hetero) is 1. The summed E-state index contributed by atoms with van der Waals surface area (Å²) in [6, 6.07) is 8.31. The van der Waals surface area contributed by atoms with Crippen LogP contribution in [0.15, 0.2) is 30.3 Å². The number of aliphatic hydroxyl groups excluding tert-OH is 2. The van der Waals surface area contributed by atoms with E-state index >= 15 is 0 Å². The number of carbonyl (C=O) groups is 3. The topological polar surface area (TPSA) is 161 Å². The molecule has 3 rings (SSSR count).